The minimum Gasteiger partial charge on any atom is -0.489 e. The third-order valence-corrected chi connectivity index (χ3v) is 9.88. The summed E-state index contributed by atoms with van der Waals surface area (Å²) in [6.45, 7) is 10.3. The predicted molar refractivity (Wildman–Crippen MR) is 190 cm³/mol. The van der Waals surface area contributed by atoms with Crippen molar-refractivity contribution in [1.82, 2.24) is 4.90 Å². The van der Waals surface area contributed by atoms with Gasteiger partial charge in [0.05, 0.1) is 16.7 Å². The van der Waals surface area contributed by atoms with Crippen LogP contribution in [0.1, 0.15) is 42.3 Å². The van der Waals surface area contributed by atoms with Gasteiger partial charge in [0.15, 0.2) is 0 Å². The molecule has 0 atom stereocenters. The summed E-state index contributed by atoms with van der Waals surface area (Å²) in [7, 11) is -3.85. The molecule has 0 aromatic heterocycles. The van der Waals surface area contributed by atoms with Gasteiger partial charge in [0.2, 0.25) is 5.91 Å². The maximum atomic E-state index is 13.7. The zero-order valence-electron chi connectivity index (χ0n) is 27.5. The van der Waals surface area contributed by atoms with Gasteiger partial charge in [-0.15, -0.1) is 0 Å². The van der Waals surface area contributed by atoms with Gasteiger partial charge in [-0.25, -0.2) is 8.42 Å². The molecule has 11 heteroatoms. The molecule has 0 aliphatic carbocycles. The van der Waals surface area contributed by atoms with Crippen LogP contribution in [0.25, 0.3) is 0 Å². The van der Waals surface area contributed by atoms with Gasteiger partial charge in [0.1, 0.15) is 5.75 Å². The Bertz CT molecular complexity index is 1900. The second-order valence-corrected chi connectivity index (χ2v) is 14.1. The van der Waals surface area contributed by atoms with Crippen LogP contribution in [0.5, 0.6) is 5.75 Å². The van der Waals surface area contributed by atoms with Gasteiger partial charge in [-0.3, -0.25) is 19.2 Å². The number of amides is 2. The quantitative estimate of drug-likeness (QED) is 0.221. The van der Waals surface area contributed by atoms with Crippen molar-refractivity contribution in [3.63, 3.8) is 0 Å². The van der Waals surface area contributed by atoms with Crippen LogP contribution in [0, 0.1) is 0 Å². The highest BCUT2D eigenvalue weighted by Crippen LogP contribution is 2.33. The molecule has 0 spiro atoms. The molecule has 2 aliphatic heterocycles. The summed E-state index contributed by atoms with van der Waals surface area (Å²) in [5.74, 6) is 0.608. The minimum absolute atomic E-state index is 0.0743. The summed E-state index contributed by atoms with van der Waals surface area (Å²) in [5.41, 5.74) is 5.47. The fourth-order valence-corrected chi connectivity index (χ4v) is 7.30. The second-order valence-electron chi connectivity index (χ2n) is 12.5. The zero-order chi connectivity index (χ0) is 33.8. The molecule has 1 saturated heterocycles. The molecule has 250 valence electrons. The first-order chi connectivity index (χ1) is 23.1. The highest BCUT2D eigenvalue weighted by atomic mass is 32.2. The van der Waals surface area contributed by atoms with Crippen LogP contribution in [-0.2, 0) is 27.8 Å². The number of hydrogen-bond acceptors (Lipinski definition) is 7. The highest BCUT2D eigenvalue weighted by Gasteiger charge is 2.27. The Kier molecular flexibility index (Phi) is 9.70. The van der Waals surface area contributed by atoms with E-state index in [0.29, 0.717) is 29.9 Å². The molecular formula is C37H41N5O5S. The second kappa shape index (κ2) is 14.1. The van der Waals surface area contributed by atoms with E-state index in [0.717, 1.165) is 61.0 Å². The number of para-hydroxylation sites is 2. The molecule has 1 fully saturated rings. The largest absolute Gasteiger partial charge is 0.489 e. The topological polar surface area (TPSA) is 111 Å². The predicted octanol–water partition coefficient (Wildman–Crippen LogP) is 5.76. The molecule has 2 amide bonds. The molecule has 48 heavy (non-hydrogen) atoms. The molecule has 4 aromatic rings. The summed E-state index contributed by atoms with van der Waals surface area (Å²) in [4.78, 5) is 31.6. The van der Waals surface area contributed by atoms with E-state index in [2.05, 4.69) is 38.0 Å². The number of fused-ring (bicyclic) bond motifs is 1. The van der Waals surface area contributed by atoms with Crippen LogP contribution in [0.4, 0.5) is 22.7 Å². The van der Waals surface area contributed by atoms with E-state index < -0.39 is 10.0 Å². The van der Waals surface area contributed by atoms with Crippen LogP contribution in [0.2, 0.25) is 0 Å². The van der Waals surface area contributed by atoms with Crippen molar-refractivity contribution < 1.29 is 22.7 Å². The van der Waals surface area contributed by atoms with E-state index in [1.807, 2.05) is 44.2 Å². The van der Waals surface area contributed by atoms with E-state index in [-0.39, 0.29) is 22.8 Å². The van der Waals surface area contributed by atoms with Crippen LogP contribution < -0.4 is 24.6 Å². The van der Waals surface area contributed by atoms with Crippen LogP contribution >= 0.6 is 0 Å². The lowest BCUT2D eigenvalue weighted by molar-refractivity contribution is -0.114. The first-order valence-corrected chi connectivity index (χ1v) is 17.7. The Morgan fingerprint density at radius 2 is 1.54 bits per heavy atom. The third kappa shape index (κ3) is 7.64. The number of anilines is 4. The normalized spacial score (nSPS) is 14.9. The van der Waals surface area contributed by atoms with Gasteiger partial charge in [0.25, 0.3) is 15.9 Å². The Morgan fingerprint density at radius 3 is 2.27 bits per heavy atom. The number of nitrogens with zero attached hydrogens (tertiary/aromatic N) is 3. The standard InChI is InChI=1S/C37H41N5O5S/c1-26(2)47-36-10-5-4-9-35(36)41-21-19-40(20-22-41)25-28-7-6-8-30(23-28)37(44)42-18-17-29-24-32(13-16-34(29)42)39-48(45,46)33-14-11-31(12-15-33)38-27(3)43/h4-16,23-24,26,39H,17-22,25H2,1-3H3,(H,38,43). The molecule has 0 radical (unpaired) electrons. The molecular weight excluding hydrogens is 627 g/mol. The number of benzene rings is 4. The number of hydrogen-bond donors (Lipinski definition) is 2. The van der Waals surface area contributed by atoms with Crippen molar-refractivity contribution in [3.8, 4) is 5.75 Å². The Balaban J connectivity index is 1.07. The Hall–Kier alpha value is -4.87. The van der Waals surface area contributed by atoms with Gasteiger partial charge in [-0.2, -0.15) is 0 Å². The molecule has 2 heterocycles. The van der Waals surface area contributed by atoms with Crippen LogP contribution in [-0.4, -0.2) is 64.0 Å². The fraction of sp³-hybridized carbons (Fsp3) is 0.297. The summed E-state index contributed by atoms with van der Waals surface area (Å²) >= 11 is 0. The Morgan fingerprint density at radius 1 is 0.812 bits per heavy atom. The molecule has 4 aromatic carbocycles. The van der Waals surface area contributed by atoms with E-state index in [1.54, 1.807) is 35.2 Å². The van der Waals surface area contributed by atoms with Gasteiger partial charge < -0.3 is 19.9 Å². The molecule has 10 nitrogen and oxygen atoms in total. The summed E-state index contributed by atoms with van der Waals surface area (Å²) < 4.78 is 34.7. The molecule has 0 bridgehead atoms. The van der Waals surface area contributed by atoms with Gasteiger partial charge in [-0.1, -0.05) is 24.3 Å². The van der Waals surface area contributed by atoms with Crippen molar-refractivity contribution in [2.45, 2.75) is 44.7 Å². The summed E-state index contributed by atoms with van der Waals surface area (Å²) in [6.07, 6.45) is 0.737. The smallest absolute Gasteiger partial charge is 0.261 e. The number of piperazine rings is 1. The first-order valence-electron chi connectivity index (χ1n) is 16.2. The number of carbonyl (C=O) groups excluding carboxylic acids is 2. The molecule has 6 rings (SSSR count). The van der Waals surface area contributed by atoms with Crippen molar-refractivity contribution in [3.05, 3.63) is 108 Å². The van der Waals surface area contributed by atoms with Gasteiger partial charge in [0, 0.05) is 68.8 Å². The third-order valence-electron chi connectivity index (χ3n) is 8.48. The van der Waals surface area contributed by atoms with Crippen molar-refractivity contribution in [2.24, 2.45) is 0 Å². The Labute approximate surface area is 282 Å². The van der Waals surface area contributed by atoms with Crippen molar-refractivity contribution >= 4 is 44.6 Å². The van der Waals surface area contributed by atoms with E-state index >= 15 is 0 Å². The zero-order valence-corrected chi connectivity index (χ0v) is 28.3. The molecule has 0 unspecified atom stereocenters. The molecule has 2 aliphatic rings. The molecule has 0 saturated carbocycles. The first kappa shape index (κ1) is 33.0. The van der Waals surface area contributed by atoms with E-state index in [9.17, 15) is 18.0 Å². The monoisotopic (exact) mass is 667 g/mol. The number of rotatable bonds is 10. The van der Waals surface area contributed by atoms with E-state index in [4.69, 9.17) is 4.74 Å². The number of carbonyl (C=O) groups is 2. The van der Waals surface area contributed by atoms with Gasteiger partial charge >= 0.3 is 0 Å². The lowest BCUT2D eigenvalue weighted by Gasteiger charge is -2.37. The average Bonchev–Trinajstić information content (AvgIpc) is 3.48. The van der Waals surface area contributed by atoms with Crippen molar-refractivity contribution in [2.75, 3.05) is 52.6 Å². The average molecular weight is 668 g/mol. The lowest BCUT2D eigenvalue weighted by atomic mass is 10.1. The van der Waals surface area contributed by atoms with Crippen LogP contribution in [0.15, 0.2) is 95.9 Å². The molecule has 2 N–H and O–H groups in total. The summed E-state index contributed by atoms with van der Waals surface area (Å²) in [6, 6.07) is 27.3. The van der Waals surface area contributed by atoms with Crippen LogP contribution in [0.3, 0.4) is 0 Å². The minimum atomic E-state index is -3.85. The number of nitrogens with one attached hydrogen (secondary N) is 2. The number of ether oxygens (including phenoxy) is 1. The maximum absolute atomic E-state index is 13.7. The van der Waals surface area contributed by atoms with Gasteiger partial charge in [-0.05, 0) is 98.1 Å². The number of sulfonamides is 1. The lowest BCUT2D eigenvalue weighted by Crippen LogP contribution is -2.46. The maximum Gasteiger partial charge on any atom is 0.261 e. The summed E-state index contributed by atoms with van der Waals surface area (Å²) in [5, 5.41) is 2.63. The van der Waals surface area contributed by atoms with E-state index in [1.165, 1.54) is 19.1 Å². The highest BCUT2D eigenvalue weighted by molar-refractivity contribution is 7.92. The van der Waals surface area contributed by atoms with Crippen molar-refractivity contribution in [1.29, 1.82) is 0 Å². The SMILES string of the molecule is CC(=O)Nc1ccc(S(=O)(=O)Nc2ccc3c(c2)CCN3C(=O)c2cccc(CN3CCN(c4ccccc4OC(C)C)CC3)c2)cc1. The fourth-order valence-electron chi connectivity index (χ4n) is 6.25.